The molecule has 1 aromatic heterocycles. The van der Waals surface area contributed by atoms with Crippen LogP contribution in [0.1, 0.15) is 62.5 Å². The van der Waals surface area contributed by atoms with Gasteiger partial charge in [0.2, 0.25) is 5.91 Å². The lowest BCUT2D eigenvalue weighted by atomic mass is 10.1. The predicted octanol–water partition coefficient (Wildman–Crippen LogP) is 2.75. The number of unbranched alkanes of at least 4 members (excludes halogenated alkanes) is 3. The average Bonchev–Trinajstić information content (AvgIpc) is 3.20. The fourth-order valence-corrected chi connectivity index (χ4v) is 3.18. The number of nitrogens with one attached hydrogen (secondary N) is 1. The normalized spacial score (nSPS) is 16.6. The number of nitrogens with zero attached hydrogens (tertiary/aromatic N) is 1. The van der Waals surface area contributed by atoms with Crippen molar-refractivity contribution >= 4 is 5.91 Å². The molecule has 0 bridgehead atoms. The molecule has 1 saturated heterocycles. The van der Waals surface area contributed by atoms with Gasteiger partial charge < -0.3 is 15.5 Å². The summed E-state index contributed by atoms with van der Waals surface area (Å²) >= 11 is 0. The van der Waals surface area contributed by atoms with E-state index in [4.69, 9.17) is 10.2 Å². The number of carbonyl (C=O) groups excluding carboxylic acids is 1. The van der Waals surface area contributed by atoms with Crippen LogP contribution >= 0.6 is 0 Å². The summed E-state index contributed by atoms with van der Waals surface area (Å²) in [6.07, 6.45) is 7.25. The van der Waals surface area contributed by atoms with Gasteiger partial charge in [0, 0.05) is 13.0 Å². The molecule has 5 heteroatoms. The van der Waals surface area contributed by atoms with E-state index in [0.29, 0.717) is 13.0 Å². The number of rotatable bonds is 10. The first kappa shape index (κ1) is 18.0. The Morgan fingerprint density at radius 1 is 1.26 bits per heavy atom. The van der Waals surface area contributed by atoms with Crippen molar-refractivity contribution in [2.45, 2.75) is 57.9 Å². The maximum absolute atomic E-state index is 12.0. The molecule has 1 fully saturated rings. The molecule has 0 saturated carbocycles. The zero-order valence-corrected chi connectivity index (χ0v) is 14.4. The third-order valence-corrected chi connectivity index (χ3v) is 4.52. The van der Waals surface area contributed by atoms with Gasteiger partial charge in [0.1, 0.15) is 11.5 Å². The first-order chi connectivity index (χ1) is 11.2. The molecular weight excluding hydrogens is 290 g/mol. The second-order valence-electron chi connectivity index (χ2n) is 6.46. The van der Waals surface area contributed by atoms with Gasteiger partial charge in [-0.3, -0.25) is 9.69 Å². The number of hydrogen-bond donors (Lipinski definition) is 2. The van der Waals surface area contributed by atoms with Crippen molar-refractivity contribution in [3.8, 4) is 0 Å². The Morgan fingerprint density at radius 3 is 2.65 bits per heavy atom. The number of likely N-dealkylation sites (tertiary alicyclic amines) is 1. The fraction of sp³-hybridized carbons (Fsp3) is 0.722. The molecule has 0 radical (unpaired) electrons. The fourth-order valence-electron chi connectivity index (χ4n) is 3.18. The van der Waals surface area contributed by atoms with E-state index in [0.717, 1.165) is 56.8 Å². The van der Waals surface area contributed by atoms with Gasteiger partial charge in [-0.05, 0) is 64.4 Å². The molecule has 1 aromatic rings. The van der Waals surface area contributed by atoms with Gasteiger partial charge in [-0.25, -0.2) is 0 Å². The van der Waals surface area contributed by atoms with Crippen LogP contribution in [0.3, 0.4) is 0 Å². The van der Waals surface area contributed by atoms with Crippen LogP contribution in [0.25, 0.3) is 0 Å². The summed E-state index contributed by atoms with van der Waals surface area (Å²) in [7, 11) is 0. The Kier molecular flexibility index (Phi) is 7.62. The standard InChI is InChI=1S/C18H31N3O2/c1-15-9-10-17(23-15)16(21-12-6-7-13-21)14-20-18(22)8-4-2-3-5-11-19/h9-10,16H,2-8,11-14,19H2,1H3,(H,20,22). The highest BCUT2D eigenvalue weighted by atomic mass is 16.3. The summed E-state index contributed by atoms with van der Waals surface area (Å²) in [6.45, 7) is 5.50. The van der Waals surface area contributed by atoms with E-state index in [-0.39, 0.29) is 11.9 Å². The molecule has 1 unspecified atom stereocenters. The Balaban J connectivity index is 1.78. The second kappa shape index (κ2) is 9.73. The first-order valence-corrected chi connectivity index (χ1v) is 8.98. The largest absolute Gasteiger partial charge is 0.465 e. The minimum atomic E-state index is 0.144. The molecule has 1 aliphatic heterocycles. The van der Waals surface area contributed by atoms with Crippen molar-refractivity contribution in [2.75, 3.05) is 26.2 Å². The van der Waals surface area contributed by atoms with Crippen molar-refractivity contribution in [3.05, 3.63) is 23.7 Å². The van der Waals surface area contributed by atoms with E-state index in [1.807, 2.05) is 19.1 Å². The van der Waals surface area contributed by atoms with E-state index in [1.54, 1.807) is 0 Å². The molecule has 0 aliphatic carbocycles. The highest BCUT2D eigenvalue weighted by Gasteiger charge is 2.26. The lowest BCUT2D eigenvalue weighted by molar-refractivity contribution is -0.121. The molecule has 1 atom stereocenters. The van der Waals surface area contributed by atoms with Crippen molar-refractivity contribution in [1.29, 1.82) is 0 Å². The summed E-state index contributed by atoms with van der Waals surface area (Å²) < 4.78 is 5.81. The van der Waals surface area contributed by atoms with Crippen LogP contribution in [0.5, 0.6) is 0 Å². The molecule has 2 rings (SSSR count). The summed E-state index contributed by atoms with van der Waals surface area (Å²) in [6, 6.07) is 4.20. The lowest BCUT2D eigenvalue weighted by Gasteiger charge is -2.26. The Hall–Kier alpha value is -1.33. The van der Waals surface area contributed by atoms with Crippen molar-refractivity contribution < 1.29 is 9.21 Å². The third kappa shape index (κ3) is 5.99. The highest BCUT2D eigenvalue weighted by Crippen LogP contribution is 2.26. The van der Waals surface area contributed by atoms with Crippen molar-refractivity contribution in [1.82, 2.24) is 10.2 Å². The van der Waals surface area contributed by atoms with E-state index in [1.165, 1.54) is 12.8 Å². The number of aryl methyl sites for hydroxylation is 1. The minimum absolute atomic E-state index is 0.144. The molecule has 23 heavy (non-hydrogen) atoms. The Labute approximate surface area is 139 Å². The van der Waals surface area contributed by atoms with Gasteiger partial charge in [-0.2, -0.15) is 0 Å². The average molecular weight is 321 g/mol. The highest BCUT2D eigenvalue weighted by molar-refractivity contribution is 5.75. The zero-order chi connectivity index (χ0) is 16.5. The number of furan rings is 1. The van der Waals surface area contributed by atoms with Crippen molar-refractivity contribution in [3.63, 3.8) is 0 Å². The summed E-state index contributed by atoms with van der Waals surface area (Å²) in [5.74, 6) is 2.04. The maximum atomic E-state index is 12.0. The lowest BCUT2D eigenvalue weighted by Crippen LogP contribution is -2.36. The van der Waals surface area contributed by atoms with Gasteiger partial charge in [0.15, 0.2) is 0 Å². The van der Waals surface area contributed by atoms with E-state index in [2.05, 4.69) is 10.2 Å². The van der Waals surface area contributed by atoms with Crippen LogP contribution in [-0.2, 0) is 4.79 Å². The molecule has 1 amide bonds. The summed E-state index contributed by atoms with van der Waals surface area (Å²) in [4.78, 5) is 14.5. The van der Waals surface area contributed by atoms with Gasteiger partial charge in [0.25, 0.3) is 0 Å². The molecule has 5 nitrogen and oxygen atoms in total. The Bertz CT molecular complexity index is 467. The number of amides is 1. The zero-order valence-electron chi connectivity index (χ0n) is 14.4. The smallest absolute Gasteiger partial charge is 0.220 e. The Morgan fingerprint density at radius 2 is 2.00 bits per heavy atom. The number of nitrogens with two attached hydrogens (primary N) is 1. The first-order valence-electron chi connectivity index (χ1n) is 8.98. The quantitative estimate of drug-likeness (QED) is 0.650. The summed E-state index contributed by atoms with van der Waals surface area (Å²) in [5.41, 5.74) is 5.48. The SMILES string of the molecule is Cc1ccc(C(CNC(=O)CCCCCCN)N2CCCC2)o1. The molecule has 2 heterocycles. The second-order valence-corrected chi connectivity index (χ2v) is 6.46. The molecule has 0 aromatic carbocycles. The van der Waals surface area contributed by atoms with Crippen LogP contribution in [0, 0.1) is 6.92 Å². The van der Waals surface area contributed by atoms with Crippen LogP contribution < -0.4 is 11.1 Å². The van der Waals surface area contributed by atoms with Crippen molar-refractivity contribution in [2.24, 2.45) is 5.73 Å². The molecular formula is C18H31N3O2. The van der Waals surface area contributed by atoms with Crippen LogP contribution in [0.2, 0.25) is 0 Å². The van der Waals surface area contributed by atoms with Gasteiger partial charge in [-0.15, -0.1) is 0 Å². The monoisotopic (exact) mass is 321 g/mol. The van der Waals surface area contributed by atoms with Crippen LogP contribution in [0.4, 0.5) is 0 Å². The topological polar surface area (TPSA) is 71.5 Å². The minimum Gasteiger partial charge on any atom is -0.465 e. The number of carbonyl (C=O) groups is 1. The molecule has 1 aliphatic rings. The van der Waals surface area contributed by atoms with E-state index in [9.17, 15) is 4.79 Å². The third-order valence-electron chi connectivity index (χ3n) is 4.52. The summed E-state index contributed by atoms with van der Waals surface area (Å²) in [5, 5.41) is 3.09. The van der Waals surface area contributed by atoms with Crippen LogP contribution in [-0.4, -0.2) is 37.0 Å². The van der Waals surface area contributed by atoms with Gasteiger partial charge >= 0.3 is 0 Å². The molecule has 130 valence electrons. The predicted molar refractivity (Wildman–Crippen MR) is 92.1 cm³/mol. The molecule has 3 N–H and O–H groups in total. The van der Waals surface area contributed by atoms with Gasteiger partial charge in [0.05, 0.1) is 6.04 Å². The van der Waals surface area contributed by atoms with Crippen LogP contribution in [0.15, 0.2) is 16.5 Å². The molecule has 0 spiro atoms. The van der Waals surface area contributed by atoms with Gasteiger partial charge in [-0.1, -0.05) is 12.8 Å². The number of hydrogen-bond acceptors (Lipinski definition) is 4. The van der Waals surface area contributed by atoms with E-state index < -0.39 is 0 Å². The van der Waals surface area contributed by atoms with E-state index >= 15 is 0 Å². The maximum Gasteiger partial charge on any atom is 0.220 e.